The molecule has 0 amide bonds. The summed E-state index contributed by atoms with van der Waals surface area (Å²) < 4.78 is 0.0218. The molecule has 0 saturated heterocycles. The second-order valence-electron chi connectivity index (χ2n) is 3.40. The zero-order valence-corrected chi connectivity index (χ0v) is 8.78. The van der Waals surface area contributed by atoms with Gasteiger partial charge in [0.2, 0.25) is 0 Å². The average Bonchev–Trinajstić information content (AvgIpc) is 1.85. The molecule has 0 nitrogen and oxygen atoms in total. The summed E-state index contributed by atoms with van der Waals surface area (Å²) in [6.45, 7) is 8.36. The topological polar surface area (TPSA) is 0 Å². The van der Waals surface area contributed by atoms with Crippen molar-refractivity contribution < 1.29 is 0 Å². The van der Waals surface area contributed by atoms with Gasteiger partial charge in [-0.2, -0.15) is 12.6 Å². The molecule has 0 heterocycles. The third kappa shape index (κ3) is 7.73. The van der Waals surface area contributed by atoms with E-state index in [1.54, 1.807) is 0 Å². The van der Waals surface area contributed by atoms with E-state index in [4.69, 9.17) is 0 Å². The van der Waals surface area contributed by atoms with Gasteiger partial charge >= 0.3 is 0 Å². The molecule has 0 rings (SSSR count). The van der Waals surface area contributed by atoms with Gasteiger partial charge in [-0.3, -0.25) is 0 Å². The van der Waals surface area contributed by atoms with E-state index in [1.165, 1.54) is 5.57 Å². The Morgan fingerprint density at radius 2 is 2.00 bits per heavy atom. The number of hydrogen-bond donors (Lipinski definition) is 1. The van der Waals surface area contributed by atoms with E-state index in [0.717, 1.165) is 6.42 Å². The standard InChI is InChI=1S/C10H18S/c1-5-9(2)7-6-8-10(3,4)11/h5-6,8,11H,7H2,1-4H3/b8-6+,9-5-. The molecule has 0 atom stereocenters. The smallest absolute Gasteiger partial charge is 0.0252 e. The van der Waals surface area contributed by atoms with Gasteiger partial charge in [0.05, 0.1) is 0 Å². The third-order valence-corrected chi connectivity index (χ3v) is 1.61. The Hall–Kier alpha value is -0.170. The van der Waals surface area contributed by atoms with Crippen LogP contribution in [-0.2, 0) is 0 Å². The first kappa shape index (κ1) is 10.8. The quantitative estimate of drug-likeness (QED) is 0.485. The van der Waals surface area contributed by atoms with Crippen molar-refractivity contribution in [3.05, 3.63) is 23.8 Å². The molecule has 0 aromatic carbocycles. The summed E-state index contributed by atoms with van der Waals surface area (Å²) in [4.78, 5) is 0. The van der Waals surface area contributed by atoms with Crippen LogP contribution in [-0.4, -0.2) is 4.75 Å². The molecule has 0 radical (unpaired) electrons. The van der Waals surface area contributed by atoms with Gasteiger partial charge in [0, 0.05) is 4.75 Å². The van der Waals surface area contributed by atoms with Crippen LogP contribution in [0.25, 0.3) is 0 Å². The fourth-order valence-electron chi connectivity index (χ4n) is 0.651. The fraction of sp³-hybridized carbons (Fsp3) is 0.600. The Labute approximate surface area is 75.8 Å². The van der Waals surface area contributed by atoms with Crippen molar-refractivity contribution in [1.29, 1.82) is 0 Å². The Balaban J connectivity index is 3.79. The van der Waals surface area contributed by atoms with Crippen molar-refractivity contribution in [2.24, 2.45) is 0 Å². The highest BCUT2D eigenvalue weighted by Crippen LogP contribution is 2.14. The molecule has 64 valence electrons. The second kappa shape index (κ2) is 4.66. The minimum Gasteiger partial charge on any atom is -0.169 e. The summed E-state index contributed by atoms with van der Waals surface area (Å²) in [5.41, 5.74) is 1.40. The van der Waals surface area contributed by atoms with E-state index >= 15 is 0 Å². The zero-order chi connectivity index (χ0) is 8.91. The monoisotopic (exact) mass is 170 g/mol. The van der Waals surface area contributed by atoms with Crippen LogP contribution < -0.4 is 0 Å². The summed E-state index contributed by atoms with van der Waals surface area (Å²) >= 11 is 4.38. The Morgan fingerprint density at radius 3 is 2.36 bits per heavy atom. The molecule has 0 aliphatic rings. The Bertz CT molecular complexity index is 158. The molecule has 11 heavy (non-hydrogen) atoms. The van der Waals surface area contributed by atoms with Crippen molar-refractivity contribution in [1.82, 2.24) is 0 Å². The lowest BCUT2D eigenvalue weighted by molar-refractivity contribution is 0.902. The van der Waals surface area contributed by atoms with E-state index in [1.807, 2.05) is 0 Å². The normalized spacial score (nSPS) is 14.5. The lowest BCUT2D eigenvalue weighted by atomic mass is 10.1. The van der Waals surface area contributed by atoms with E-state index < -0.39 is 0 Å². The molecule has 0 aromatic heterocycles. The summed E-state index contributed by atoms with van der Waals surface area (Å²) in [5.74, 6) is 0. The van der Waals surface area contributed by atoms with Gasteiger partial charge in [-0.15, -0.1) is 0 Å². The number of thiol groups is 1. The van der Waals surface area contributed by atoms with Crippen LogP contribution in [0.3, 0.4) is 0 Å². The van der Waals surface area contributed by atoms with Crippen LogP contribution in [0.5, 0.6) is 0 Å². The van der Waals surface area contributed by atoms with Crippen molar-refractivity contribution >= 4 is 12.6 Å². The van der Waals surface area contributed by atoms with Crippen molar-refractivity contribution in [3.8, 4) is 0 Å². The van der Waals surface area contributed by atoms with Crippen LogP contribution >= 0.6 is 12.6 Å². The highest BCUT2D eigenvalue weighted by Gasteiger charge is 2.03. The van der Waals surface area contributed by atoms with E-state index in [-0.39, 0.29) is 4.75 Å². The molecular weight excluding hydrogens is 152 g/mol. The number of allylic oxidation sites excluding steroid dienone is 3. The van der Waals surface area contributed by atoms with Gasteiger partial charge in [-0.1, -0.05) is 23.8 Å². The fourth-order valence-corrected chi connectivity index (χ4v) is 0.756. The zero-order valence-electron chi connectivity index (χ0n) is 7.89. The predicted molar refractivity (Wildman–Crippen MR) is 56.3 cm³/mol. The Kier molecular flexibility index (Phi) is 4.58. The van der Waals surface area contributed by atoms with E-state index in [0.29, 0.717) is 0 Å². The van der Waals surface area contributed by atoms with Crippen LogP contribution in [0, 0.1) is 0 Å². The maximum Gasteiger partial charge on any atom is 0.0252 e. The van der Waals surface area contributed by atoms with Gasteiger partial charge in [-0.05, 0) is 34.1 Å². The highest BCUT2D eigenvalue weighted by molar-refractivity contribution is 7.82. The summed E-state index contributed by atoms with van der Waals surface area (Å²) in [5, 5.41) is 0. The van der Waals surface area contributed by atoms with Gasteiger partial charge < -0.3 is 0 Å². The predicted octanol–water partition coefficient (Wildman–Crippen LogP) is 3.61. The van der Waals surface area contributed by atoms with Gasteiger partial charge in [0.15, 0.2) is 0 Å². The molecule has 0 bridgehead atoms. The van der Waals surface area contributed by atoms with Crippen molar-refractivity contribution in [3.63, 3.8) is 0 Å². The first-order valence-corrected chi connectivity index (χ1v) is 4.42. The maximum absolute atomic E-state index is 4.38. The molecule has 0 saturated carbocycles. The molecule has 0 spiro atoms. The first-order valence-electron chi connectivity index (χ1n) is 3.97. The minimum absolute atomic E-state index is 0.0218. The van der Waals surface area contributed by atoms with Gasteiger partial charge in [0.25, 0.3) is 0 Å². The first-order chi connectivity index (χ1) is 4.95. The lowest BCUT2D eigenvalue weighted by Gasteiger charge is -2.09. The summed E-state index contributed by atoms with van der Waals surface area (Å²) in [6, 6.07) is 0. The summed E-state index contributed by atoms with van der Waals surface area (Å²) in [7, 11) is 0. The van der Waals surface area contributed by atoms with Crippen LogP contribution in [0.4, 0.5) is 0 Å². The molecule has 0 unspecified atom stereocenters. The second-order valence-corrected chi connectivity index (χ2v) is 4.55. The van der Waals surface area contributed by atoms with Gasteiger partial charge in [-0.25, -0.2) is 0 Å². The molecule has 0 aliphatic heterocycles. The number of hydrogen-bond acceptors (Lipinski definition) is 1. The molecule has 0 aromatic rings. The molecule has 1 heteroatoms. The lowest BCUT2D eigenvalue weighted by Crippen LogP contribution is -2.03. The molecule has 0 N–H and O–H groups in total. The van der Waals surface area contributed by atoms with E-state index in [2.05, 4.69) is 58.6 Å². The largest absolute Gasteiger partial charge is 0.169 e. The molecule has 0 aliphatic carbocycles. The van der Waals surface area contributed by atoms with Crippen LogP contribution in [0.15, 0.2) is 23.8 Å². The van der Waals surface area contributed by atoms with Gasteiger partial charge in [0.1, 0.15) is 0 Å². The highest BCUT2D eigenvalue weighted by atomic mass is 32.1. The van der Waals surface area contributed by atoms with Crippen molar-refractivity contribution in [2.75, 3.05) is 0 Å². The maximum atomic E-state index is 4.38. The summed E-state index contributed by atoms with van der Waals surface area (Å²) in [6.07, 6.45) is 7.47. The van der Waals surface area contributed by atoms with Crippen LogP contribution in [0.2, 0.25) is 0 Å². The average molecular weight is 170 g/mol. The van der Waals surface area contributed by atoms with Crippen LogP contribution in [0.1, 0.15) is 34.1 Å². The minimum atomic E-state index is 0.0218. The van der Waals surface area contributed by atoms with E-state index in [9.17, 15) is 0 Å². The van der Waals surface area contributed by atoms with Crippen molar-refractivity contribution in [2.45, 2.75) is 38.9 Å². The molecular formula is C10H18S. The number of rotatable bonds is 3. The molecule has 0 fully saturated rings. The Morgan fingerprint density at radius 1 is 1.45 bits per heavy atom. The SMILES string of the molecule is C/C=C(/C)C/C=C/C(C)(C)S. The third-order valence-electron chi connectivity index (χ3n) is 1.46.